The SMILES string of the molecule is Clc1nccnc1NCCOC1CCCCC1. The molecule has 0 aromatic carbocycles. The van der Waals surface area contributed by atoms with Crippen LogP contribution in [0.15, 0.2) is 12.4 Å². The van der Waals surface area contributed by atoms with E-state index in [-0.39, 0.29) is 0 Å². The molecule has 1 heterocycles. The number of rotatable bonds is 5. The standard InChI is InChI=1S/C12H18ClN3O/c13-11-12(15-7-6-14-11)16-8-9-17-10-4-2-1-3-5-10/h6-7,10H,1-5,8-9H2,(H,15,16). The van der Waals surface area contributed by atoms with Gasteiger partial charge < -0.3 is 10.1 Å². The summed E-state index contributed by atoms with van der Waals surface area (Å²) in [7, 11) is 0. The van der Waals surface area contributed by atoms with Crippen molar-refractivity contribution in [2.24, 2.45) is 0 Å². The van der Waals surface area contributed by atoms with Crippen LogP contribution in [0.1, 0.15) is 32.1 Å². The number of halogens is 1. The van der Waals surface area contributed by atoms with Gasteiger partial charge in [0.2, 0.25) is 0 Å². The summed E-state index contributed by atoms with van der Waals surface area (Å²) < 4.78 is 5.79. The number of hydrogen-bond acceptors (Lipinski definition) is 4. The van der Waals surface area contributed by atoms with Crippen molar-refractivity contribution >= 4 is 17.4 Å². The average molecular weight is 256 g/mol. The maximum atomic E-state index is 5.87. The lowest BCUT2D eigenvalue weighted by Crippen LogP contribution is -2.20. The van der Waals surface area contributed by atoms with Crippen LogP contribution in [0, 0.1) is 0 Å². The van der Waals surface area contributed by atoms with Crippen molar-refractivity contribution < 1.29 is 4.74 Å². The summed E-state index contributed by atoms with van der Waals surface area (Å²) in [6.07, 6.45) is 10.00. The Morgan fingerprint density at radius 1 is 1.24 bits per heavy atom. The molecular formula is C12H18ClN3O. The molecule has 0 amide bonds. The van der Waals surface area contributed by atoms with Crippen LogP contribution in [0.2, 0.25) is 5.15 Å². The molecular weight excluding hydrogens is 238 g/mol. The van der Waals surface area contributed by atoms with Crippen molar-refractivity contribution in [3.05, 3.63) is 17.5 Å². The highest BCUT2D eigenvalue weighted by molar-refractivity contribution is 6.31. The number of anilines is 1. The van der Waals surface area contributed by atoms with Crippen molar-refractivity contribution in [3.63, 3.8) is 0 Å². The molecule has 94 valence electrons. The summed E-state index contributed by atoms with van der Waals surface area (Å²) in [5.74, 6) is 0.626. The lowest BCUT2D eigenvalue weighted by Gasteiger charge is -2.22. The number of hydrogen-bond donors (Lipinski definition) is 1. The number of nitrogens with one attached hydrogen (secondary N) is 1. The Morgan fingerprint density at radius 2 is 2.00 bits per heavy atom. The van der Waals surface area contributed by atoms with Gasteiger partial charge in [-0.3, -0.25) is 0 Å². The van der Waals surface area contributed by atoms with Gasteiger partial charge in [-0.25, -0.2) is 9.97 Å². The molecule has 0 unspecified atom stereocenters. The van der Waals surface area contributed by atoms with Crippen molar-refractivity contribution in [1.29, 1.82) is 0 Å². The Hall–Kier alpha value is -0.870. The highest BCUT2D eigenvalue weighted by Gasteiger charge is 2.13. The summed E-state index contributed by atoms with van der Waals surface area (Å²) >= 11 is 5.87. The largest absolute Gasteiger partial charge is 0.376 e. The zero-order valence-electron chi connectivity index (χ0n) is 9.86. The Kier molecular flexibility index (Phi) is 5.01. The van der Waals surface area contributed by atoms with Gasteiger partial charge in [0.15, 0.2) is 11.0 Å². The quantitative estimate of drug-likeness (QED) is 0.822. The van der Waals surface area contributed by atoms with Gasteiger partial charge in [0, 0.05) is 18.9 Å². The van der Waals surface area contributed by atoms with E-state index in [4.69, 9.17) is 16.3 Å². The molecule has 1 aromatic rings. The summed E-state index contributed by atoms with van der Waals surface area (Å²) in [5, 5.41) is 3.53. The van der Waals surface area contributed by atoms with Crippen molar-refractivity contribution in [2.45, 2.75) is 38.2 Å². The van der Waals surface area contributed by atoms with Crippen molar-refractivity contribution in [1.82, 2.24) is 9.97 Å². The lowest BCUT2D eigenvalue weighted by molar-refractivity contribution is 0.0347. The third-order valence-corrected chi connectivity index (χ3v) is 3.23. The van der Waals surface area contributed by atoms with E-state index in [0.29, 0.717) is 23.7 Å². The van der Waals surface area contributed by atoms with Gasteiger partial charge in [0.25, 0.3) is 0 Å². The summed E-state index contributed by atoms with van der Waals surface area (Å²) in [6, 6.07) is 0. The van der Waals surface area contributed by atoms with Gasteiger partial charge in [0.05, 0.1) is 12.7 Å². The Bertz CT molecular complexity index is 342. The average Bonchev–Trinajstić information content (AvgIpc) is 2.38. The molecule has 1 aromatic heterocycles. The minimum Gasteiger partial charge on any atom is -0.376 e. The Balaban J connectivity index is 1.64. The highest BCUT2D eigenvalue weighted by Crippen LogP contribution is 2.20. The van der Waals surface area contributed by atoms with Crippen LogP contribution in [0.3, 0.4) is 0 Å². The van der Waals surface area contributed by atoms with Crippen LogP contribution in [0.5, 0.6) is 0 Å². The van der Waals surface area contributed by atoms with Gasteiger partial charge in [-0.15, -0.1) is 0 Å². The normalized spacial score (nSPS) is 17.0. The molecule has 0 bridgehead atoms. The first kappa shape index (κ1) is 12.6. The molecule has 1 N–H and O–H groups in total. The molecule has 1 aliphatic rings. The van der Waals surface area contributed by atoms with Crippen LogP contribution >= 0.6 is 11.6 Å². The number of nitrogens with zero attached hydrogens (tertiary/aromatic N) is 2. The van der Waals surface area contributed by atoms with Gasteiger partial charge in [-0.05, 0) is 12.8 Å². The van der Waals surface area contributed by atoms with E-state index in [1.807, 2.05) is 0 Å². The van der Waals surface area contributed by atoms with Crippen LogP contribution in [-0.4, -0.2) is 29.2 Å². The fourth-order valence-corrected chi connectivity index (χ4v) is 2.24. The van der Waals surface area contributed by atoms with E-state index < -0.39 is 0 Å². The fraction of sp³-hybridized carbons (Fsp3) is 0.667. The van der Waals surface area contributed by atoms with Gasteiger partial charge in [-0.2, -0.15) is 0 Å². The topological polar surface area (TPSA) is 47.0 Å². The van der Waals surface area contributed by atoms with E-state index in [0.717, 1.165) is 6.54 Å². The molecule has 0 radical (unpaired) electrons. The molecule has 0 aliphatic heterocycles. The first-order valence-electron chi connectivity index (χ1n) is 6.18. The second-order valence-corrected chi connectivity index (χ2v) is 4.61. The predicted molar refractivity (Wildman–Crippen MR) is 68.4 cm³/mol. The first-order valence-corrected chi connectivity index (χ1v) is 6.56. The molecule has 1 saturated carbocycles. The molecule has 1 fully saturated rings. The van der Waals surface area contributed by atoms with Crippen LogP contribution < -0.4 is 5.32 Å². The van der Waals surface area contributed by atoms with E-state index in [1.165, 1.54) is 32.1 Å². The van der Waals surface area contributed by atoms with E-state index in [2.05, 4.69) is 15.3 Å². The summed E-state index contributed by atoms with van der Waals surface area (Å²) in [4.78, 5) is 8.05. The summed E-state index contributed by atoms with van der Waals surface area (Å²) in [5.41, 5.74) is 0. The molecule has 0 atom stereocenters. The van der Waals surface area contributed by atoms with E-state index >= 15 is 0 Å². The third-order valence-electron chi connectivity index (χ3n) is 2.95. The molecule has 17 heavy (non-hydrogen) atoms. The fourth-order valence-electron chi connectivity index (χ4n) is 2.07. The predicted octanol–water partition coefficient (Wildman–Crippen LogP) is 2.89. The zero-order valence-corrected chi connectivity index (χ0v) is 10.6. The Morgan fingerprint density at radius 3 is 2.76 bits per heavy atom. The van der Waals surface area contributed by atoms with Gasteiger partial charge >= 0.3 is 0 Å². The molecule has 0 spiro atoms. The second-order valence-electron chi connectivity index (χ2n) is 4.25. The van der Waals surface area contributed by atoms with Gasteiger partial charge in [0.1, 0.15) is 0 Å². The number of aromatic nitrogens is 2. The maximum Gasteiger partial charge on any atom is 0.171 e. The van der Waals surface area contributed by atoms with Crippen LogP contribution in [-0.2, 0) is 4.74 Å². The molecule has 0 saturated heterocycles. The second kappa shape index (κ2) is 6.77. The zero-order chi connectivity index (χ0) is 11.9. The molecule has 4 nitrogen and oxygen atoms in total. The lowest BCUT2D eigenvalue weighted by atomic mass is 9.98. The smallest absolute Gasteiger partial charge is 0.171 e. The van der Waals surface area contributed by atoms with Gasteiger partial charge in [-0.1, -0.05) is 30.9 Å². The van der Waals surface area contributed by atoms with E-state index in [1.54, 1.807) is 12.4 Å². The highest BCUT2D eigenvalue weighted by atomic mass is 35.5. The van der Waals surface area contributed by atoms with E-state index in [9.17, 15) is 0 Å². The van der Waals surface area contributed by atoms with Crippen molar-refractivity contribution in [3.8, 4) is 0 Å². The minimum atomic E-state index is 0.408. The Labute approximate surface area is 107 Å². The minimum absolute atomic E-state index is 0.408. The summed E-state index contributed by atoms with van der Waals surface area (Å²) in [6.45, 7) is 1.41. The third kappa shape index (κ3) is 4.13. The molecule has 5 heteroatoms. The first-order chi connectivity index (χ1) is 8.36. The molecule has 2 rings (SSSR count). The van der Waals surface area contributed by atoms with Crippen LogP contribution in [0.25, 0.3) is 0 Å². The number of ether oxygens (including phenoxy) is 1. The van der Waals surface area contributed by atoms with Crippen LogP contribution in [0.4, 0.5) is 5.82 Å². The molecule has 1 aliphatic carbocycles. The maximum absolute atomic E-state index is 5.87. The monoisotopic (exact) mass is 255 g/mol. The van der Waals surface area contributed by atoms with Crippen molar-refractivity contribution in [2.75, 3.05) is 18.5 Å².